The van der Waals surface area contributed by atoms with Crippen molar-refractivity contribution >= 4 is 22.2 Å². The summed E-state index contributed by atoms with van der Waals surface area (Å²) in [6.45, 7) is 1.30. The molecule has 0 unspecified atom stereocenters. The number of hydrogen-bond donors (Lipinski definition) is 0. The molecule has 88 valence electrons. The molecule has 0 saturated carbocycles. The maximum Gasteiger partial charge on any atom is 0.151 e. The summed E-state index contributed by atoms with van der Waals surface area (Å²) in [4.78, 5) is 10.5. The lowest BCUT2D eigenvalue weighted by molar-refractivity contribution is 0.112. The van der Waals surface area contributed by atoms with Crippen molar-refractivity contribution in [3.63, 3.8) is 0 Å². The van der Waals surface area contributed by atoms with E-state index in [9.17, 15) is 4.79 Å². The maximum absolute atomic E-state index is 10.5. The van der Waals surface area contributed by atoms with Crippen LogP contribution in [-0.2, 0) is 6.54 Å². The normalized spacial score (nSPS) is 10.2. The molecule has 0 spiro atoms. The van der Waals surface area contributed by atoms with Crippen LogP contribution < -0.4 is 4.74 Å². The molecule has 0 aliphatic rings. The van der Waals surface area contributed by atoms with Crippen molar-refractivity contribution < 1.29 is 9.53 Å². The van der Waals surface area contributed by atoms with Crippen molar-refractivity contribution in [1.82, 2.24) is 4.57 Å². The second-order valence-corrected chi connectivity index (χ2v) is 4.52. The Hall–Kier alpha value is -1.55. The smallest absolute Gasteiger partial charge is 0.151 e. The zero-order valence-electron chi connectivity index (χ0n) is 9.17. The van der Waals surface area contributed by atoms with E-state index in [0.717, 1.165) is 23.1 Å². The number of hydrogen-bond acceptors (Lipinski definition) is 2. The van der Waals surface area contributed by atoms with E-state index in [-0.39, 0.29) is 0 Å². The minimum absolute atomic E-state index is 0.573. The molecule has 2 rings (SSSR count). The molecule has 0 saturated heterocycles. The molecule has 1 heterocycles. The van der Waals surface area contributed by atoms with Gasteiger partial charge in [-0.25, -0.2) is 0 Å². The molecule has 0 N–H and O–H groups in total. The first kappa shape index (κ1) is 11.9. The van der Waals surface area contributed by atoms with Gasteiger partial charge >= 0.3 is 0 Å². The van der Waals surface area contributed by atoms with E-state index in [1.54, 1.807) is 12.3 Å². The number of aldehydes is 1. The molecule has 0 atom stereocenters. The van der Waals surface area contributed by atoms with Gasteiger partial charge in [-0.15, -0.1) is 0 Å². The van der Waals surface area contributed by atoms with E-state index < -0.39 is 0 Å². The molecule has 0 aliphatic carbocycles. The Balaban J connectivity index is 1.85. The van der Waals surface area contributed by atoms with Crippen LogP contribution in [0.3, 0.4) is 0 Å². The summed E-state index contributed by atoms with van der Waals surface area (Å²) < 4.78 is 8.53. The summed E-state index contributed by atoms with van der Waals surface area (Å²) in [5.41, 5.74) is 0.687. The van der Waals surface area contributed by atoms with Crippen molar-refractivity contribution in [3.05, 3.63) is 52.8 Å². The summed E-state index contributed by atoms with van der Waals surface area (Å²) in [7, 11) is 0. The zero-order valence-corrected chi connectivity index (χ0v) is 10.8. The summed E-state index contributed by atoms with van der Waals surface area (Å²) in [5.74, 6) is 0.835. The number of aromatic nitrogens is 1. The molecule has 1 aromatic heterocycles. The van der Waals surface area contributed by atoms with Crippen molar-refractivity contribution in [2.75, 3.05) is 6.61 Å². The number of carbonyl (C=O) groups is 1. The van der Waals surface area contributed by atoms with Crippen LogP contribution in [0.5, 0.6) is 5.75 Å². The van der Waals surface area contributed by atoms with Crippen LogP contribution in [0.2, 0.25) is 0 Å². The highest BCUT2D eigenvalue weighted by atomic mass is 79.9. The number of nitrogens with zero attached hydrogens (tertiary/aromatic N) is 1. The van der Waals surface area contributed by atoms with Gasteiger partial charge < -0.3 is 9.30 Å². The second-order valence-electron chi connectivity index (χ2n) is 3.61. The van der Waals surface area contributed by atoms with E-state index in [1.807, 2.05) is 35.0 Å². The van der Waals surface area contributed by atoms with Crippen molar-refractivity contribution in [1.29, 1.82) is 0 Å². The minimum Gasteiger partial charge on any atom is -0.492 e. The molecule has 0 radical (unpaired) electrons. The third kappa shape index (κ3) is 3.46. The number of benzene rings is 1. The average Bonchev–Trinajstić information content (AvgIpc) is 2.77. The monoisotopic (exact) mass is 293 g/mol. The lowest BCUT2D eigenvalue weighted by atomic mass is 10.3. The first-order chi connectivity index (χ1) is 8.28. The Bertz CT molecular complexity index is 508. The van der Waals surface area contributed by atoms with Crippen LogP contribution in [-0.4, -0.2) is 17.5 Å². The largest absolute Gasteiger partial charge is 0.492 e. The molecule has 1 aromatic carbocycles. The highest BCUT2D eigenvalue weighted by molar-refractivity contribution is 9.10. The van der Waals surface area contributed by atoms with Crippen LogP contribution in [0.4, 0.5) is 0 Å². The predicted molar refractivity (Wildman–Crippen MR) is 69.5 cm³/mol. The van der Waals surface area contributed by atoms with Gasteiger partial charge in [-0.1, -0.05) is 22.0 Å². The van der Waals surface area contributed by atoms with Gasteiger partial charge in [-0.05, 0) is 24.3 Å². The lowest BCUT2D eigenvalue weighted by Crippen LogP contribution is -2.06. The van der Waals surface area contributed by atoms with Crippen LogP contribution in [0.15, 0.2) is 47.2 Å². The quantitative estimate of drug-likeness (QED) is 0.793. The van der Waals surface area contributed by atoms with E-state index in [4.69, 9.17) is 4.74 Å². The first-order valence-electron chi connectivity index (χ1n) is 5.27. The van der Waals surface area contributed by atoms with Crippen molar-refractivity contribution in [3.8, 4) is 5.75 Å². The predicted octanol–water partition coefficient (Wildman–Crippen LogP) is 3.14. The fourth-order valence-electron chi connectivity index (χ4n) is 1.49. The Kier molecular flexibility index (Phi) is 3.98. The first-order valence-corrected chi connectivity index (χ1v) is 6.06. The standard InChI is InChI=1S/C13H12BrNO2/c14-12-2-1-3-13(8-12)17-7-6-15-5-4-11(9-15)10-16/h1-5,8-10H,6-7H2. The van der Waals surface area contributed by atoms with Crippen LogP contribution in [0.1, 0.15) is 10.4 Å². The fourth-order valence-corrected chi connectivity index (χ4v) is 1.87. The highest BCUT2D eigenvalue weighted by Crippen LogP contribution is 2.17. The maximum atomic E-state index is 10.5. The Morgan fingerprint density at radius 1 is 1.35 bits per heavy atom. The topological polar surface area (TPSA) is 31.2 Å². The van der Waals surface area contributed by atoms with Gasteiger partial charge in [0, 0.05) is 22.4 Å². The molecule has 0 bridgehead atoms. The SMILES string of the molecule is O=Cc1ccn(CCOc2cccc(Br)c2)c1. The van der Waals surface area contributed by atoms with Gasteiger partial charge in [-0.2, -0.15) is 0 Å². The Morgan fingerprint density at radius 2 is 2.24 bits per heavy atom. The summed E-state index contributed by atoms with van der Waals surface area (Å²) >= 11 is 3.39. The molecule has 4 heteroatoms. The Labute approximate surface area is 108 Å². The van der Waals surface area contributed by atoms with Crippen LogP contribution >= 0.6 is 15.9 Å². The summed E-state index contributed by atoms with van der Waals surface area (Å²) in [6.07, 6.45) is 4.51. The van der Waals surface area contributed by atoms with Gasteiger partial charge in [0.05, 0.1) is 6.54 Å². The molecule has 0 aliphatic heterocycles. The van der Waals surface area contributed by atoms with Gasteiger partial charge in [0.25, 0.3) is 0 Å². The average molecular weight is 294 g/mol. The van der Waals surface area contributed by atoms with Crippen molar-refractivity contribution in [2.24, 2.45) is 0 Å². The third-order valence-electron chi connectivity index (χ3n) is 2.32. The van der Waals surface area contributed by atoms with Gasteiger partial charge in [0.1, 0.15) is 12.4 Å². The molecule has 0 fully saturated rings. The number of halogens is 1. The van der Waals surface area contributed by atoms with E-state index in [2.05, 4.69) is 15.9 Å². The molecular weight excluding hydrogens is 282 g/mol. The molecule has 3 nitrogen and oxygen atoms in total. The Morgan fingerprint density at radius 3 is 2.94 bits per heavy atom. The number of rotatable bonds is 5. The zero-order chi connectivity index (χ0) is 12.1. The fraction of sp³-hybridized carbons (Fsp3) is 0.154. The van der Waals surface area contributed by atoms with E-state index in [0.29, 0.717) is 12.2 Å². The van der Waals surface area contributed by atoms with Gasteiger partial charge in [0.15, 0.2) is 6.29 Å². The minimum atomic E-state index is 0.573. The third-order valence-corrected chi connectivity index (χ3v) is 2.82. The molecular formula is C13H12BrNO2. The molecule has 17 heavy (non-hydrogen) atoms. The van der Waals surface area contributed by atoms with Gasteiger partial charge in [-0.3, -0.25) is 4.79 Å². The van der Waals surface area contributed by atoms with Gasteiger partial charge in [0.2, 0.25) is 0 Å². The number of carbonyl (C=O) groups excluding carboxylic acids is 1. The van der Waals surface area contributed by atoms with Crippen molar-refractivity contribution in [2.45, 2.75) is 6.54 Å². The lowest BCUT2D eigenvalue weighted by Gasteiger charge is -2.07. The summed E-state index contributed by atoms with van der Waals surface area (Å²) in [5, 5.41) is 0. The van der Waals surface area contributed by atoms with E-state index >= 15 is 0 Å². The number of ether oxygens (including phenoxy) is 1. The highest BCUT2D eigenvalue weighted by Gasteiger charge is 1.97. The van der Waals surface area contributed by atoms with Crippen LogP contribution in [0.25, 0.3) is 0 Å². The summed E-state index contributed by atoms with van der Waals surface area (Å²) in [6, 6.07) is 9.50. The van der Waals surface area contributed by atoms with Crippen LogP contribution in [0, 0.1) is 0 Å². The molecule has 0 amide bonds. The second kappa shape index (κ2) is 5.68. The van der Waals surface area contributed by atoms with E-state index in [1.165, 1.54) is 0 Å². The molecule has 2 aromatic rings.